The Kier molecular flexibility index (Phi) is 3.12. The van der Waals surface area contributed by atoms with E-state index in [1.165, 1.54) is 13.4 Å². The number of hydrogen-bond donors (Lipinski definition) is 3. The first kappa shape index (κ1) is 12.9. The van der Waals surface area contributed by atoms with Crippen LogP contribution in [0.3, 0.4) is 0 Å². The summed E-state index contributed by atoms with van der Waals surface area (Å²) in [4.78, 5) is 27.2. The molecule has 7 heteroatoms. The van der Waals surface area contributed by atoms with E-state index in [1.807, 2.05) is 0 Å². The van der Waals surface area contributed by atoms with E-state index >= 15 is 0 Å². The first-order valence-electron chi connectivity index (χ1n) is 5.55. The van der Waals surface area contributed by atoms with Gasteiger partial charge in [-0.2, -0.15) is 0 Å². The fraction of sp³-hybridized carbons (Fsp3) is 0.250. The first-order chi connectivity index (χ1) is 9.02. The highest BCUT2D eigenvalue weighted by molar-refractivity contribution is 5.99. The van der Waals surface area contributed by atoms with Crippen LogP contribution in [0.25, 0.3) is 0 Å². The summed E-state index contributed by atoms with van der Waals surface area (Å²) in [5, 5.41) is 2.75. The first-order valence-corrected chi connectivity index (χ1v) is 5.55. The normalized spacial score (nSPS) is 24.8. The van der Waals surface area contributed by atoms with Crippen molar-refractivity contribution in [3.8, 4) is 5.75 Å². The van der Waals surface area contributed by atoms with Crippen LogP contribution in [-0.2, 0) is 15.1 Å². The van der Waals surface area contributed by atoms with E-state index in [0.29, 0.717) is 11.3 Å². The van der Waals surface area contributed by atoms with Crippen LogP contribution in [0.1, 0.15) is 5.56 Å². The Morgan fingerprint density at radius 3 is 2.74 bits per heavy atom. The molecule has 2 unspecified atom stereocenters. The van der Waals surface area contributed by atoms with Gasteiger partial charge >= 0.3 is 0 Å². The van der Waals surface area contributed by atoms with Gasteiger partial charge in [0.05, 0.1) is 13.4 Å². The second-order valence-corrected chi connectivity index (χ2v) is 4.13. The molecule has 0 radical (unpaired) electrons. The SMILES string of the molecule is COc1cccc(C2(C(N)=O)NC=NC2C(N)=O)c1. The predicted molar refractivity (Wildman–Crippen MR) is 68.5 cm³/mol. The fourth-order valence-corrected chi connectivity index (χ4v) is 2.15. The number of methoxy groups -OCH3 is 1. The van der Waals surface area contributed by atoms with Gasteiger partial charge in [0, 0.05) is 0 Å². The smallest absolute Gasteiger partial charge is 0.250 e. The van der Waals surface area contributed by atoms with Crippen molar-refractivity contribution < 1.29 is 14.3 Å². The lowest BCUT2D eigenvalue weighted by Gasteiger charge is -2.30. The number of carbonyl (C=O) groups is 2. The molecule has 0 fully saturated rings. The summed E-state index contributed by atoms with van der Waals surface area (Å²) in [6, 6.07) is 5.59. The molecule has 2 atom stereocenters. The summed E-state index contributed by atoms with van der Waals surface area (Å²) in [6.07, 6.45) is 1.26. The third kappa shape index (κ3) is 1.88. The van der Waals surface area contributed by atoms with E-state index in [0.717, 1.165) is 0 Å². The molecule has 2 rings (SSSR count). The monoisotopic (exact) mass is 262 g/mol. The summed E-state index contributed by atoms with van der Waals surface area (Å²) in [7, 11) is 1.50. The molecule has 0 bridgehead atoms. The summed E-state index contributed by atoms with van der Waals surface area (Å²) >= 11 is 0. The Hall–Kier alpha value is -2.57. The van der Waals surface area contributed by atoms with Crippen molar-refractivity contribution in [2.24, 2.45) is 16.5 Å². The van der Waals surface area contributed by atoms with Gasteiger partial charge in [-0.1, -0.05) is 12.1 Å². The number of rotatable bonds is 4. The maximum atomic E-state index is 11.9. The van der Waals surface area contributed by atoms with Crippen LogP contribution in [0.2, 0.25) is 0 Å². The van der Waals surface area contributed by atoms with Crippen LogP contribution in [0.5, 0.6) is 5.75 Å². The van der Waals surface area contributed by atoms with Crippen molar-refractivity contribution in [3.05, 3.63) is 29.8 Å². The zero-order valence-corrected chi connectivity index (χ0v) is 10.3. The van der Waals surface area contributed by atoms with E-state index in [9.17, 15) is 9.59 Å². The van der Waals surface area contributed by atoms with Crippen LogP contribution in [0.15, 0.2) is 29.3 Å². The number of primary amides is 2. The van der Waals surface area contributed by atoms with Gasteiger partial charge in [-0.15, -0.1) is 0 Å². The number of aliphatic imine (C=N–C) groups is 1. The average molecular weight is 262 g/mol. The highest BCUT2D eigenvalue weighted by Crippen LogP contribution is 2.31. The van der Waals surface area contributed by atoms with Crippen LogP contribution in [0.4, 0.5) is 0 Å². The Morgan fingerprint density at radius 1 is 1.42 bits per heavy atom. The minimum Gasteiger partial charge on any atom is -0.497 e. The summed E-state index contributed by atoms with van der Waals surface area (Å²) < 4.78 is 5.10. The standard InChI is InChI=1S/C12H14N4O3/c1-19-8-4-2-3-7(5-8)12(11(14)18)9(10(13)17)15-6-16-12/h2-6,9H,1H3,(H2,13,17)(H2,14,18)(H,15,16). The molecule has 0 aliphatic carbocycles. The van der Waals surface area contributed by atoms with Gasteiger partial charge in [-0.3, -0.25) is 14.6 Å². The van der Waals surface area contributed by atoms with Gasteiger partial charge in [0.15, 0.2) is 11.6 Å². The zero-order valence-electron chi connectivity index (χ0n) is 10.3. The molecule has 0 aromatic heterocycles. The number of amides is 2. The second-order valence-electron chi connectivity index (χ2n) is 4.13. The van der Waals surface area contributed by atoms with Crippen LogP contribution < -0.4 is 21.5 Å². The number of ether oxygens (including phenoxy) is 1. The molecule has 7 nitrogen and oxygen atoms in total. The number of benzene rings is 1. The maximum Gasteiger partial charge on any atom is 0.250 e. The Balaban J connectivity index is 2.57. The Morgan fingerprint density at radius 2 is 2.16 bits per heavy atom. The lowest BCUT2D eigenvalue weighted by molar-refractivity contribution is -0.130. The fourth-order valence-electron chi connectivity index (χ4n) is 2.15. The Labute approximate surface area is 109 Å². The lowest BCUT2D eigenvalue weighted by Crippen LogP contribution is -2.59. The molecule has 2 amide bonds. The van der Waals surface area contributed by atoms with Gasteiger partial charge < -0.3 is 21.5 Å². The maximum absolute atomic E-state index is 11.9. The topological polar surface area (TPSA) is 120 Å². The molecule has 1 heterocycles. The summed E-state index contributed by atoms with van der Waals surface area (Å²) in [5.41, 5.74) is 9.74. The molecule has 0 saturated heterocycles. The summed E-state index contributed by atoms with van der Waals surface area (Å²) in [5.74, 6) is -0.931. The highest BCUT2D eigenvalue weighted by Gasteiger charge is 2.51. The molecule has 1 aromatic carbocycles. The molecular weight excluding hydrogens is 248 g/mol. The molecule has 1 aromatic rings. The summed E-state index contributed by atoms with van der Waals surface area (Å²) in [6.45, 7) is 0. The van der Waals surface area contributed by atoms with Crippen LogP contribution in [-0.4, -0.2) is 31.3 Å². The van der Waals surface area contributed by atoms with Crippen LogP contribution >= 0.6 is 0 Å². The number of nitrogens with zero attached hydrogens (tertiary/aromatic N) is 1. The molecule has 0 saturated carbocycles. The van der Waals surface area contributed by atoms with Gasteiger partial charge in [0.2, 0.25) is 5.91 Å². The molecular formula is C12H14N4O3. The predicted octanol–water partition coefficient (Wildman–Crippen LogP) is -1.14. The zero-order chi connectivity index (χ0) is 14.0. The van der Waals surface area contributed by atoms with E-state index in [2.05, 4.69) is 10.3 Å². The number of nitrogens with one attached hydrogen (secondary N) is 1. The van der Waals surface area contributed by atoms with Crippen LogP contribution in [0, 0.1) is 0 Å². The van der Waals surface area contributed by atoms with Gasteiger partial charge in [0.1, 0.15) is 5.75 Å². The van der Waals surface area contributed by atoms with Crippen molar-refractivity contribution in [1.82, 2.24) is 5.32 Å². The van der Waals surface area contributed by atoms with Gasteiger partial charge in [-0.05, 0) is 17.7 Å². The molecule has 1 aliphatic heterocycles. The van der Waals surface area contributed by atoms with Crippen molar-refractivity contribution in [2.45, 2.75) is 11.6 Å². The average Bonchev–Trinajstić information content (AvgIpc) is 2.84. The number of nitrogens with two attached hydrogens (primary N) is 2. The lowest BCUT2D eigenvalue weighted by atomic mass is 9.82. The van der Waals surface area contributed by atoms with E-state index in [1.54, 1.807) is 24.3 Å². The third-order valence-electron chi connectivity index (χ3n) is 3.11. The minimum atomic E-state index is -1.47. The van der Waals surface area contributed by atoms with E-state index in [4.69, 9.17) is 16.2 Å². The number of hydrogen-bond acceptors (Lipinski definition) is 5. The quantitative estimate of drug-likeness (QED) is 0.635. The van der Waals surface area contributed by atoms with Gasteiger partial charge in [0.25, 0.3) is 5.91 Å². The third-order valence-corrected chi connectivity index (χ3v) is 3.11. The minimum absolute atomic E-state index is 0.473. The second kappa shape index (κ2) is 4.60. The van der Waals surface area contributed by atoms with E-state index < -0.39 is 23.4 Å². The molecule has 0 spiro atoms. The van der Waals surface area contributed by atoms with E-state index in [-0.39, 0.29) is 0 Å². The van der Waals surface area contributed by atoms with Crippen molar-refractivity contribution in [3.63, 3.8) is 0 Å². The highest BCUT2D eigenvalue weighted by atomic mass is 16.5. The molecule has 100 valence electrons. The van der Waals surface area contributed by atoms with Crippen molar-refractivity contribution in [1.29, 1.82) is 0 Å². The molecule has 1 aliphatic rings. The largest absolute Gasteiger partial charge is 0.497 e. The Bertz CT molecular complexity index is 558. The number of carbonyl (C=O) groups excluding carboxylic acids is 2. The van der Waals surface area contributed by atoms with Crippen molar-refractivity contribution >= 4 is 18.2 Å². The molecule has 19 heavy (non-hydrogen) atoms. The molecule has 5 N–H and O–H groups in total. The van der Waals surface area contributed by atoms with Crippen molar-refractivity contribution in [2.75, 3.05) is 7.11 Å². The van der Waals surface area contributed by atoms with Gasteiger partial charge in [-0.25, -0.2) is 0 Å².